The number of esters is 2. The molecule has 28 heavy (non-hydrogen) atoms. The van der Waals surface area contributed by atoms with E-state index in [1.54, 1.807) is 20.8 Å². The molecule has 0 aliphatic carbocycles. The van der Waals surface area contributed by atoms with Crippen molar-refractivity contribution in [1.82, 2.24) is 10.6 Å². The van der Waals surface area contributed by atoms with E-state index < -0.39 is 54.7 Å². The molecule has 0 saturated heterocycles. The van der Waals surface area contributed by atoms with Crippen LogP contribution in [0.15, 0.2) is 25.3 Å². The Hall–Kier alpha value is -2.88. The standard InChI is InChI=1S/C18H28N2O8/c1-6-8-26-14(22)10-12(16(24)27-9-7-2)19-15(23)13(11-21)20-17(25)28-18(3,4)5/h6-7,12-13,21H,1-2,8-11H2,3-5H3,(H,19,23)(H,20,25)/t12-,13-/m0/s1. The van der Waals surface area contributed by atoms with Gasteiger partial charge in [0.1, 0.15) is 30.9 Å². The fourth-order valence-corrected chi connectivity index (χ4v) is 1.73. The summed E-state index contributed by atoms with van der Waals surface area (Å²) in [7, 11) is 0. The maximum Gasteiger partial charge on any atom is 0.408 e. The number of alkyl carbamates (subject to hydrolysis) is 1. The van der Waals surface area contributed by atoms with Gasteiger partial charge < -0.3 is 30.0 Å². The Labute approximate surface area is 163 Å². The first-order valence-electron chi connectivity index (χ1n) is 8.48. The Bertz CT molecular complexity index is 583. The molecule has 158 valence electrons. The van der Waals surface area contributed by atoms with E-state index in [4.69, 9.17) is 14.2 Å². The minimum atomic E-state index is -1.41. The lowest BCUT2D eigenvalue weighted by molar-refractivity contribution is -0.152. The molecule has 0 radical (unpaired) electrons. The number of rotatable bonds is 11. The summed E-state index contributed by atoms with van der Waals surface area (Å²) in [6.07, 6.45) is 1.21. The van der Waals surface area contributed by atoms with Crippen LogP contribution in [0, 0.1) is 0 Å². The highest BCUT2D eigenvalue weighted by Crippen LogP contribution is 2.07. The van der Waals surface area contributed by atoms with Crippen LogP contribution in [0.25, 0.3) is 0 Å². The third kappa shape index (κ3) is 11.0. The van der Waals surface area contributed by atoms with Gasteiger partial charge in [-0.1, -0.05) is 25.3 Å². The number of amides is 2. The van der Waals surface area contributed by atoms with Gasteiger partial charge in [-0.3, -0.25) is 9.59 Å². The van der Waals surface area contributed by atoms with Crippen molar-refractivity contribution in [2.24, 2.45) is 0 Å². The first-order chi connectivity index (χ1) is 13.0. The maximum absolute atomic E-state index is 12.3. The Kier molecular flexibility index (Phi) is 11.2. The summed E-state index contributed by atoms with van der Waals surface area (Å²) in [5.41, 5.74) is -0.813. The Morgan fingerprint density at radius 3 is 2.07 bits per heavy atom. The quantitative estimate of drug-likeness (QED) is 0.254. The van der Waals surface area contributed by atoms with Crippen molar-refractivity contribution < 1.29 is 38.5 Å². The number of hydrogen-bond donors (Lipinski definition) is 3. The van der Waals surface area contributed by atoms with Crippen LogP contribution in [-0.4, -0.2) is 66.6 Å². The smallest absolute Gasteiger partial charge is 0.408 e. The summed E-state index contributed by atoms with van der Waals surface area (Å²) in [5, 5.41) is 13.8. The van der Waals surface area contributed by atoms with Gasteiger partial charge in [-0.25, -0.2) is 9.59 Å². The summed E-state index contributed by atoms with van der Waals surface area (Å²) in [5.74, 6) is -2.59. The molecule has 3 N–H and O–H groups in total. The zero-order valence-corrected chi connectivity index (χ0v) is 16.4. The minimum absolute atomic E-state index is 0.0688. The topological polar surface area (TPSA) is 140 Å². The number of aliphatic hydroxyl groups excluding tert-OH is 1. The molecule has 0 unspecified atom stereocenters. The molecular weight excluding hydrogens is 372 g/mol. The maximum atomic E-state index is 12.3. The van der Waals surface area contributed by atoms with Crippen molar-refractivity contribution >= 4 is 23.9 Å². The molecule has 0 rings (SSSR count). The van der Waals surface area contributed by atoms with E-state index in [1.807, 2.05) is 0 Å². The summed E-state index contributed by atoms with van der Waals surface area (Å²) < 4.78 is 14.6. The van der Waals surface area contributed by atoms with Gasteiger partial charge in [0.05, 0.1) is 13.0 Å². The number of carbonyl (C=O) groups excluding carboxylic acids is 4. The third-order valence-corrected chi connectivity index (χ3v) is 2.87. The predicted molar refractivity (Wildman–Crippen MR) is 99.1 cm³/mol. The first kappa shape index (κ1) is 25.1. The Morgan fingerprint density at radius 1 is 1.00 bits per heavy atom. The molecule has 2 atom stereocenters. The van der Waals surface area contributed by atoms with Crippen molar-refractivity contribution in [3.63, 3.8) is 0 Å². The largest absolute Gasteiger partial charge is 0.461 e. The third-order valence-electron chi connectivity index (χ3n) is 2.87. The summed E-state index contributed by atoms with van der Waals surface area (Å²) in [6, 6.07) is -2.80. The molecule has 0 aliphatic rings. The molecule has 10 heteroatoms. The molecule has 0 bridgehead atoms. The first-order valence-corrected chi connectivity index (χ1v) is 8.48. The summed E-state index contributed by atoms with van der Waals surface area (Å²) in [6.45, 7) is 10.7. The minimum Gasteiger partial charge on any atom is -0.461 e. The SMILES string of the molecule is C=CCOC(=O)C[C@H](NC(=O)[C@H](CO)NC(=O)OC(C)(C)C)C(=O)OCC=C. The molecule has 0 aliphatic heterocycles. The molecular formula is C18H28N2O8. The highest BCUT2D eigenvalue weighted by atomic mass is 16.6. The van der Waals surface area contributed by atoms with Crippen molar-refractivity contribution in [1.29, 1.82) is 0 Å². The van der Waals surface area contributed by atoms with E-state index in [0.717, 1.165) is 0 Å². The van der Waals surface area contributed by atoms with Gasteiger partial charge in [0.15, 0.2) is 0 Å². The van der Waals surface area contributed by atoms with Crippen LogP contribution in [0.2, 0.25) is 0 Å². The summed E-state index contributed by atoms with van der Waals surface area (Å²) in [4.78, 5) is 47.9. The lowest BCUT2D eigenvalue weighted by Crippen LogP contribution is -2.54. The van der Waals surface area contributed by atoms with Gasteiger partial charge in [-0.05, 0) is 20.8 Å². The lowest BCUT2D eigenvalue weighted by Gasteiger charge is -2.23. The van der Waals surface area contributed by atoms with Crippen molar-refractivity contribution in [3.8, 4) is 0 Å². The second-order valence-corrected chi connectivity index (χ2v) is 6.54. The van der Waals surface area contributed by atoms with E-state index in [9.17, 15) is 24.3 Å². The van der Waals surface area contributed by atoms with Crippen LogP contribution < -0.4 is 10.6 Å². The fourth-order valence-electron chi connectivity index (χ4n) is 1.73. The van der Waals surface area contributed by atoms with Crippen LogP contribution >= 0.6 is 0 Å². The molecule has 0 saturated carbocycles. The van der Waals surface area contributed by atoms with Gasteiger partial charge in [0.2, 0.25) is 5.91 Å². The molecule has 2 amide bonds. The second-order valence-electron chi connectivity index (χ2n) is 6.54. The van der Waals surface area contributed by atoms with Crippen LogP contribution in [0.3, 0.4) is 0 Å². The normalized spacial score (nSPS) is 12.7. The molecule has 0 aromatic carbocycles. The van der Waals surface area contributed by atoms with Gasteiger partial charge >= 0.3 is 18.0 Å². The molecule has 0 heterocycles. The van der Waals surface area contributed by atoms with Crippen LogP contribution in [0.5, 0.6) is 0 Å². The monoisotopic (exact) mass is 400 g/mol. The number of aliphatic hydroxyl groups is 1. The van der Waals surface area contributed by atoms with E-state index in [1.165, 1.54) is 12.2 Å². The molecule has 0 spiro atoms. The predicted octanol–water partition coefficient (Wildman–Crippen LogP) is 0.205. The van der Waals surface area contributed by atoms with Gasteiger partial charge in [-0.2, -0.15) is 0 Å². The number of carbonyl (C=O) groups is 4. The van der Waals surface area contributed by atoms with E-state index in [2.05, 4.69) is 23.8 Å². The number of hydrogen-bond acceptors (Lipinski definition) is 8. The van der Waals surface area contributed by atoms with Crippen LogP contribution in [-0.2, 0) is 28.6 Å². The number of nitrogens with one attached hydrogen (secondary N) is 2. The summed E-state index contributed by atoms with van der Waals surface area (Å²) >= 11 is 0. The van der Waals surface area contributed by atoms with E-state index in [0.29, 0.717) is 0 Å². The molecule has 10 nitrogen and oxygen atoms in total. The van der Waals surface area contributed by atoms with Gasteiger partial charge in [-0.15, -0.1) is 0 Å². The van der Waals surface area contributed by atoms with Crippen molar-refractivity contribution in [3.05, 3.63) is 25.3 Å². The average Bonchev–Trinajstić information content (AvgIpc) is 2.60. The Balaban J connectivity index is 5.07. The molecule has 0 fully saturated rings. The average molecular weight is 400 g/mol. The van der Waals surface area contributed by atoms with E-state index in [-0.39, 0.29) is 13.2 Å². The Morgan fingerprint density at radius 2 is 1.57 bits per heavy atom. The number of ether oxygens (including phenoxy) is 3. The van der Waals surface area contributed by atoms with Crippen LogP contribution in [0.4, 0.5) is 4.79 Å². The lowest BCUT2D eigenvalue weighted by atomic mass is 10.2. The van der Waals surface area contributed by atoms with Gasteiger partial charge in [0.25, 0.3) is 0 Å². The molecule has 0 aromatic heterocycles. The van der Waals surface area contributed by atoms with Crippen molar-refractivity contribution in [2.75, 3.05) is 19.8 Å². The zero-order chi connectivity index (χ0) is 21.7. The molecule has 0 aromatic rings. The second kappa shape index (κ2) is 12.5. The van der Waals surface area contributed by atoms with E-state index >= 15 is 0 Å². The van der Waals surface area contributed by atoms with Crippen LogP contribution in [0.1, 0.15) is 27.2 Å². The fraction of sp³-hybridized carbons (Fsp3) is 0.556. The highest BCUT2D eigenvalue weighted by molar-refractivity contribution is 5.91. The van der Waals surface area contributed by atoms with Crippen molar-refractivity contribution in [2.45, 2.75) is 44.9 Å². The van der Waals surface area contributed by atoms with Gasteiger partial charge in [0, 0.05) is 0 Å². The highest BCUT2D eigenvalue weighted by Gasteiger charge is 2.30. The zero-order valence-electron chi connectivity index (χ0n) is 16.4.